The number of carboxylic acids is 1. The molecule has 2 fully saturated rings. The summed E-state index contributed by atoms with van der Waals surface area (Å²) in [6.07, 6.45) is 3.68. The van der Waals surface area contributed by atoms with E-state index in [9.17, 15) is 19.2 Å². The number of hydrogen-bond acceptors (Lipinski definition) is 4. The zero-order chi connectivity index (χ0) is 19.3. The number of carboxylic acid groups (broad SMARTS) is 1. The Morgan fingerprint density at radius 1 is 1.00 bits per heavy atom. The van der Waals surface area contributed by atoms with E-state index in [0.717, 1.165) is 12.8 Å². The molecule has 1 atom stereocenters. The lowest BCUT2D eigenvalue weighted by Crippen LogP contribution is -2.54. The molecule has 1 N–H and O–H groups in total. The minimum Gasteiger partial charge on any atom is -0.481 e. The molecule has 2 rings (SSSR count). The van der Waals surface area contributed by atoms with Crippen molar-refractivity contribution in [2.75, 3.05) is 33.2 Å². The molecule has 26 heavy (non-hydrogen) atoms. The smallest absolute Gasteiger partial charge is 0.306 e. The fraction of sp³-hybridized carbons (Fsp3) is 0.778. The number of amides is 3. The van der Waals surface area contributed by atoms with E-state index in [-0.39, 0.29) is 24.3 Å². The maximum absolute atomic E-state index is 12.8. The highest BCUT2D eigenvalue weighted by molar-refractivity contribution is 5.90. The number of hydrogen-bond donors (Lipinski definition) is 1. The van der Waals surface area contributed by atoms with Crippen molar-refractivity contribution in [2.45, 2.75) is 51.5 Å². The van der Waals surface area contributed by atoms with Gasteiger partial charge in [-0.1, -0.05) is 6.92 Å². The van der Waals surface area contributed by atoms with Gasteiger partial charge in [-0.2, -0.15) is 0 Å². The lowest BCUT2D eigenvalue weighted by molar-refractivity contribution is -0.150. The maximum atomic E-state index is 12.8. The Kier molecular flexibility index (Phi) is 6.99. The molecule has 2 heterocycles. The minimum atomic E-state index is -0.817. The highest BCUT2D eigenvalue weighted by Crippen LogP contribution is 2.20. The number of carbonyl (C=O) groups is 4. The van der Waals surface area contributed by atoms with E-state index < -0.39 is 17.9 Å². The van der Waals surface area contributed by atoms with Crippen molar-refractivity contribution in [3.8, 4) is 0 Å². The van der Waals surface area contributed by atoms with Crippen molar-refractivity contribution in [1.29, 1.82) is 0 Å². The van der Waals surface area contributed by atoms with Crippen LogP contribution in [-0.2, 0) is 19.2 Å². The van der Waals surface area contributed by atoms with Crippen LogP contribution in [0.3, 0.4) is 0 Å². The molecular weight excluding hydrogens is 338 g/mol. The highest BCUT2D eigenvalue weighted by atomic mass is 16.4. The van der Waals surface area contributed by atoms with Crippen molar-refractivity contribution >= 4 is 23.7 Å². The van der Waals surface area contributed by atoms with E-state index in [1.165, 1.54) is 4.90 Å². The first-order valence-corrected chi connectivity index (χ1v) is 9.40. The number of likely N-dealkylation sites (N-methyl/N-ethyl adjacent to an activating group) is 1. The van der Waals surface area contributed by atoms with Crippen molar-refractivity contribution < 1.29 is 24.3 Å². The van der Waals surface area contributed by atoms with Gasteiger partial charge in [0.1, 0.15) is 6.04 Å². The van der Waals surface area contributed by atoms with Crippen molar-refractivity contribution in [2.24, 2.45) is 5.92 Å². The first-order chi connectivity index (χ1) is 12.3. The second-order valence-corrected chi connectivity index (χ2v) is 7.14. The van der Waals surface area contributed by atoms with Crippen LogP contribution in [0, 0.1) is 5.92 Å². The van der Waals surface area contributed by atoms with Crippen LogP contribution in [0.2, 0.25) is 0 Å². The number of rotatable bonds is 5. The van der Waals surface area contributed by atoms with Gasteiger partial charge in [0.05, 0.1) is 12.5 Å². The molecule has 1 unspecified atom stereocenters. The van der Waals surface area contributed by atoms with Gasteiger partial charge in [0.15, 0.2) is 0 Å². The van der Waals surface area contributed by atoms with Gasteiger partial charge in [0.2, 0.25) is 17.7 Å². The summed E-state index contributed by atoms with van der Waals surface area (Å²) in [5, 5.41) is 9.03. The molecule has 0 spiro atoms. The van der Waals surface area contributed by atoms with Gasteiger partial charge < -0.3 is 19.8 Å². The molecule has 2 aliphatic heterocycles. The minimum absolute atomic E-state index is 0.0291. The highest BCUT2D eigenvalue weighted by Gasteiger charge is 2.34. The fourth-order valence-corrected chi connectivity index (χ4v) is 3.70. The molecule has 0 saturated carbocycles. The van der Waals surface area contributed by atoms with E-state index in [0.29, 0.717) is 45.3 Å². The average Bonchev–Trinajstić information content (AvgIpc) is 2.66. The Bertz CT molecular complexity index is 557. The molecule has 0 aromatic heterocycles. The Labute approximate surface area is 154 Å². The van der Waals surface area contributed by atoms with Gasteiger partial charge >= 0.3 is 5.97 Å². The van der Waals surface area contributed by atoms with E-state index >= 15 is 0 Å². The van der Waals surface area contributed by atoms with Gasteiger partial charge in [-0.05, 0) is 32.1 Å². The van der Waals surface area contributed by atoms with Crippen LogP contribution in [0.5, 0.6) is 0 Å². The summed E-state index contributed by atoms with van der Waals surface area (Å²) in [6, 6.07) is -0.480. The van der Waals surface area contributed by atoms with Crippen molar-refractivity contribution in [3.63, 3.8) is 0 Å². The number of likely N-dealkylation sites (tertiary alicyclic amines) is 2. The zero-order valence-corrected chi connectivity index (χ0v) is 15.6. The molecule has 0 aliphatic carbocycles. The SMILES string of the molecule is CCC(=O)N1CCCCC1C(=O)N(C)CC(=O)N1CCC(C(=O)O)CC1. The van der Waals surface area contributed by atoms with E-state index in [2.05, 4.69) is 0 Å². The molecule has 0 radical (unpaired) electrons. The third-order valence-corrected chi connectivity index (χ3v) is 5.36. The Morgan fingerprint density at radius 3 is 2.23 bits per heavy atom. The first-order valence-electron chi connectivity index (χ1n) is 9.40. The number of aliphatic carboxylic acids is 1. The summed E-state index contributed by atoms with van der Waals surface area (Å²) in [5.41, 5.74) is 0. The topological polar surface area (TPSA) is 98.2 Å². The lowest BCUT2D eigenvalue weighted by Gasteiger charge is -2.37. The number of piperidine rings is 2. The molecule has 0 aromatic rings. The zero-order valence-electron chi connectivity index (χ0n) is 15.6. The molecular formula is C18H29N3O5. The average molecular weight is 367 g/mol. The Morgan fingerprint density at radius 2 is 1.65 bits per heavy atom. The van der Waals surface area contributed by atoms with Gasteiger partial charge in [-0.25, -0.2) is 0 Å². The Hall–Kier alpha value is -2.12. The first kappa shape index (κ1) is 20.2. The van der Waals surface area contributed by atoms with Gasteiger partial charge in [-0.3, -0.25) is 19.2 Å². The predicted molar refractivity (Wildman–Crippen MR) is 94.2 cm³/mol. The van der Waals surface area contributed by atoms with Gasteiger partial charge in [0, 0.05) is 33.1 Å². The quantitative estimate of drug-likeness (QED) is 0.766. The third-order valence-electron chi connectivity index (χ3n) is 5.36. The summed E-state index contributed by atoms with van der Waals surface area (Å²) < 4.78 is 0. The molecule has 3 amide bonds. The molecule has 0 bridgehead atoms. The van der Waals surface area contributed by atoms with Crippen LogP contribution in [0.25, 0.3) is 0 Å². The molecule has 2 aliphatic rings. The summed E-state index contributed by atoms with van der Waals surface area (Å²) in [4.78, 5) is 53.0. The molecule has 146 valence electrons. The predicted octanol–water partition coefficient (Wildman–Crippen LogP) is 0.559. The van der Waals surface area contributed by atoms with Crippen molar-refractivity contribution in [1.82, 2.24) is 14.7 Å². The third kappa shape index (κ3) is 4.74. The number of nitrogens with zero attached hydrogens (tertiary/aromatic N) is 3. The molecule has 0 aromatic carbocycles. The van der Waals surface area contributed by atoms with E-state index in [4.69, 9.17) is 5.11 Å². The summed E-state index contributed by atoms with van der Waals surface area (Å²) in [6.45, 7) is 3.14. The second-order valence-electron chi connectivity index (χ2n) is 7.14. The Balaban J connectivity index is 1.90. The normalized spacial score (nSPS) is 21.4. The van der Waals surface area contributed by atoms with E-state index in [1.54, 1.807) is 23.8 Å². The standard InChI is InChI=1S/C18H29N3O5/c1-3-15(22)21-9-5-4-6-14(21)17(24)19(2)12-16(23)20-10-7-13(8-11-20)18(25)26/h13-14H,3-12H2,1-2H3,(H,25,26). The van der Waals surface area contributed by atoms with Crippen LogP contribution in [0.4, 0.5) is 0 Å². The van der Waals surface area contributed by atoms with Crippen LogP contribution < -0.4 is 0 Å². The summed E-state index contributed by atoms with van der Waals surface area (Å²) >= 11 is 0. The van der Waals surface area contributed by atoms with Crippen molar-refractivity contribution in [3.05, 3.63) is 0 Å². The van der Waals surface area contributed by atoms with Crippen LogP contribution in [-0.4, -0.2) is 82.8 Å². The van der Waals surface area contributed by atoms with Gasteiger partial charge in [0.25, 0.3) is 0 Å². The molecule has 8 nitrogen and oxygen atoms in total. The van der Waals surface area contributed by atoms with Crippen LogP contribution in [0.1, 0.15) is 45.4 Å². The van der Waals surface area contributed by atoms with Crippen LogP contribution >= 0.6 is 0 Å². The molecule has 2 saturated heterocycles. The second kappa shape index (κ2) is 9.00. The molecule has 8 heteroatoms. The summed E-state index contributed by atoms with van der Waals surface area (Å²) in [7, 11) is 1.59. The van der Waals surface area contributed by atoms with Crippen LogP contribution in [0.15, 0.2) is 0 Å². The summed E-state index contributed by atoms with van der Waals surface area (Å²) in [5.74, 6) is -1.61. The number of carbonyl (C=O) groups excluding carboxylic acids is 3. The monoisotopic (exact) mass is 367 g/mol. The van der Waals surface area contributed by atoms with Gasteiger partial charge in [-0.15, -0.1) is 0 Å². The maximum Gasteiger partial charge on any atom is 0.306 e. The lowest BCUT2D eigenvalue weighted by atomic mass is 9.97. The fourth-order valence-electron chi connectivity index (χ4n) is 3.70. The largest absolute Gasteiger partial charge is 0.481 e. The van der Waals surface area contributed by atoms with E-state index in [1.807, 2.05) is 0 Å².